The standard InChI is InChI=1S/C7H14N2O3S/c1-5(6(2)13(4)11)9-12-7(10)8-3/h6H,1-4H3,(H,8,10)/b9-5-. The minimum absolute atomic E-state index is 0.204. The summed E-state index contributed by atoms with van der Waals surface area (Å²) in [5, 5.41) is 5.57. The SMILES string of the molecule is CNC(=O)O/N=C(/C)C(C)S(C)=O. The number of rotatable bonds is 3. The van der Waals surface area contributed by atoms with E-state index in [1.54, 1.807) is 20.1 Å². The summed E-state index contributed by atoms with van der Waals surface area (Å²) >= 11 is 0. The van der Waals surface area contributed by atoms with E-state index in [1.807, 2.05) is 0 Å². The summed E-state index contributed by atoms with van der Waals surface area (Å²) in [7, 11) is 0.440. The quantitative estimate of drug-likeness (QED) is 0.415. The number of hydrogen-bond acceptors (Lipinski definition) is 4. The van der Waals surface area contributed by atoms with Gasteiger partial charge in [0.2, 0.25) is 0 Å². The first kappa shape index (κ1) is 12.1. The molecule has 6 heteroatoms. The van der Waals surface area contributed by atoms with Crippen LogP contribution in [0.3, 0.4) is 0 Å². The van der Waals surface area contributed by atoms with Gasteiger partial charge in [0.1, 0.15) is 0 Å². The van der Waals surface area contributed by atoms with Gasteiger partial charge in [-0.1, -0.05) is 5.16 Å². The summed E-state index contributed by atoms with van der Waals surface area (Å²) in [4.78, 5) is 15.0. The van der Waals surface area contributed by atoms with Crippen LogP contribution in [0.2, 0.25) is 0 Å². The summed E-state index contributed by atoms with van der Waals surface area (Å²) in [6.45, 7) is 3.41. The van der Waals surface area contributed by atoms with Crippen LogP contribution in [-0.2, 0) is 15.6 Å². The number of carbonyl (C=O) groups is 1. The lowest BCUT2D eigenvalue weighted by Gasteiger charge is -2.05. The molecule has 0 rings (SSSR count). The number of carbonyl (C=O) groups excluding carboxylic acids is 1. The smallest absolute Gasteiger partial charge is 0.323 e. The Morgan fingerprint density at radius 1 is 1.62 bits per heavy atom. The number of nitrogens with zero attached hydrogens (tertiary/aromatic N) is 1. The zero-order valence-electron chi connectivity index (χ0n) is 8.16. The van der Waals surface area contributed by atoms with Gasteiger partial charge < -0.3 is 5.32 Å². The zero-order valence-corrected chi connectivity index (χ0v) is 8.97. The van der Waals surface area contributed by atoms with E-state index in [-0.39, 0.29) is 5.25 Å². The van der Waals surface area contributed by atoms with E-state index in [2.05, 4.69) is 15.3 Å². The molecule has 0 bridgehead atoms. The van der Waals surface area contributed by atoms with E-state index >= 15 is 0 Å². The van der Waals surface area contributed by atoms with Crippen molar-refractivity contribution in [3.63, 3.8) is 0 Å². The highest BCUT2D eigenvalue weighted by molar-refractivity contribution is 7.85. The Morgan fingerprint density at radius 2 is 2.15 bits per heavy atom. The minimum Gasteiger partial charge on any atom is -0.323 e. The van der Waals surface area contributed by atoms with E-state index in [0.29, 0.717) is 5.71 Å². The Labute approximate surface area is 80.0 Å². The third-order valence-corrected chi connectivity index (χ3v) is 2.90. The molecule has 2 atom stereocenters. The van der Waals surface area contributed by atoms with Crippen LogP contribution in [0.1, 0.15) is 13.8 Å². The van der Waals surface area contributed by atoms with Crippen LogP contribution in [0.5, 0.6) is 0 Å². The van der Waals surface area contributed by atoms with Crippen molar-refractivity contribution in [3.05, 3.63) is 0 Å². The molecule has 5 nitrogen and oxygen atoms in total. The van der Waals surface area contributed by atoms with Gasteiger partial charge in [0.25, 0.3) is 0 Å². The Kier molecular flexibility index (Phi) is 5.29. The molecule has 1 amide bonds. The molecule has 0 aromatic carbocycles. The second-order valence-electron chi connectivity index (χ2n) is 2.50. The summed E-state index contributed by atoms with van der Waals surface area (Å²) < 4.78 is 11.0. The van der Waals surface area contributed by atoms with Gasteiger partial charge in [-0.2, -0.15) is 0 Å². The zero-order chi connectivity index (χ0) is 10.4. The van der Waals surface area contributed by atoms with E-state index in [0.717, 1.165) is 0 Å². The van der Waals surface area contributed by atoms with Gasteiger partial charge in [-0.15, -0.1) is 0 Å². The predicted octanol–water partition coefficient (Wildman–Crippen LogP) is 0.485. The van der Waals surface area contributed by atoms with Gasteiger partial charge in [0.15, 0.2) is 0 Å². The highest BCUT2D eigenvalue weighted by Gasteiger charge is 2.10. The van der Waals surface area contributed by atoms with Crippen molar-refractivity contribution in [2.45, 2.75) is 19.1 Å². The molecule has 0 aromatic heterocycles. The average molecular weight is 206 g/mol. The monoisotopic (exact) mass is 206 g/mol. The fourth-order valence-electron chi connectivity index (χ4n) is 0.474. The number of oxime groups is 1. The first-order chi connectivity index (χ1) is 5.99. The topological polar surface area (TPSA) is 67.8 Å². The lowest BCUT2D eigenvalue weighted by Crippen LogP contribution is -2.22. The fourth-order valence-corrected chi connectivity index (χ4v) is 0.997. The molecule has 0 aromatic rings. The summed E-state index contributed by atoms with van der Waals surface area (Å²) in [5.74, 6) is 0. The lowest BCUT2D eigenvalue weighted by atomic mass is 10.3. The normalized spacial score (nSPS) is 16.2. The van der Waals surface area contributed by atoms with Crippen molar-refractivity contribution in [1.29, 1.82) is 0 Å². The van der Waals surface area contributed by atoms with Gasteiger partial charge in [-0.25, -0.2) is 4.79 Å². The molecular formula is C7H14N2O3S. The summed E-state index contributed by atoms with van der Waals surface area (Å²) in [6, 6.07) is 0. The fraction of sp³-hybridized carbons (Fsp3) is 0.714. The molecule has 0 radical (unpaired) electrons. The molecule has 0 saturated carbocycles. The number of amides is 1. The van der Waals surface area contributed by atoms with Gasteiger partial charge in [-0.05, 0) is 13.8 Å². The van der Waals surface area contributed by atoms with Crippen molar-refractivity contribution in [1.82, 2.24) is 5.32 Å². The summed E-state index contributed by atoms with van der Waals surface area (Å²) in [6.07, 6.45) is 0.942. The maximum absolute atomic E-state index is 11.0. The highest BCUT2D eigenvalue weighted by atomic mass is 32.2. The van der Waals surface area contributed by atoms with Gasteiger partial charge in [0, 0.05) is 24.1 Å². The van der Waals surface area contributed by atoms with Crippen LogP contribution in [0.25, 0.3) is 0 Å². The van der Waals surface area contributed by atoms with Crippen LogP contribution in [0.4, 0.5) is 4.79 Å². The Hall–Kier alpha value is -0.910. The van der Waals surface area contributed by atoms with Crippen LogP contribution in [-0.4, -0.2) is 34.6 Å². The molecule has 0 aliphatic rings. The van der Waals surface area contributed by atoms with Crippen molar-refractivity contribution in [2.75, 3.05) is 13.3 Å². The van der Waals surface area contributed by atoms with E-state index in [9.17, 15) is 9.00 Å². The maximum Gasteiger partial charge on any atom is 0.433 e. The molecule has 0 aliphatic heterocycles. The van der Waals surface area contributed by atoms with Crippen LogP contribution in [0, 0.1) is 0 Å². The molecule has 0 heterocycles. The molecule has 76 valence electrons. The van der Waals surface area contributed by atoms with E-state index in [4.69, 9.17) is 0 Å². The van der Waals surface area contributed by atoms with Crippen molar-refractivity contribution in [2.24, 2.45) is 5.16 Å². The first-order valence-electron chi connectivity index (χ1n) is 3.74. The van der Waals surface area contributed by atoms with Gasteiger partial charge >= 0.3 is 6.09 Å². The highest BCUT2D eigenvalue weighted by Crippen LogP contribution is 1.97. The Balaban J connectivity index is 4.16. The Bertz CT molecular complexity index is 240. The van der Waals surface area contributed by atoms with Crippen molar-refractivity contribution >= 4 is 22.6 Å². The van der Waals surface area contributed by atoms with Crippen LogP contribution in [0.15, 0.2) is 5.16 Å². The van der Waals surface area contributed by atoms with Gasteiger partial charge in [0.05, 0.1) is 11.0 Å². The molecule has 0 spiro atoms. The maximum atomic E-state index is 11.0. The van der Waals surface area contributed by atoms with Gasteiger partial charge in [-0.3, -0.25) is 9.05 Å². The van der Waals surface area contributed by atoms with E-state index in [1.165, 1.54) is 7.05 Å². The average Bonchev–Trinajstić information content (AvgIpc) is 2.11. The minimum atomic E-state index is -1.000. The second kappa shape index (κ2) is 5.69. The first-order valence-corrected chi connectivity index (χ1v) is 5.36. The summed E-state index contributed by atoms with van der Waals surface area (Å²) in [5.41, 5.74) is 0.532. The molecule has 0 saturated heterocycles. The van der Waals surface area contributed by atoms with Crippen molar-refractivity contribution in [3.8, 4) is 0 Å². The molecule has 13 heavy (non-hydrogen) atoms. The third kappa shape index (κ3) is 4.62. The third-order valence-electron chi connectivity index (χ3n) is 1.56. The number of nitrogens with one attached hydrogen (secondary N) is 1. The lowest BCUT2D eigenvalue weighted by molar-refractivity contribution is 0.153. The van der Waals surface area contributed by atoms with Crippen molar-refractivity contribution < 1.29 is 13.8 Å². The molecule has 1 N–H and O–H groups in total. The van der Waals surface area contributed by atoms with E-state index < -0.39 is 16.9 Å². The van der Waals surface area contributed by atoms with Crippen LogP contribution < -0.4 is 5.32 Å². The molecular weight excluding hydrogens is 192 g/mol. The predicted molar refractivity (Wildman–Crippen MR) is 52.2 cm³/mol. The van der Waals surface area contributed by atoms with Crippen LogP contribution >= 0.6 is 0 Å². The largest absolute Gasteiger partial charge is 0.433 e. The molecule has 2 unspecified atom stereocenters. The molecule has 0 aliphatic carbocycles. The Morgan fingerprint density at radius 3 is 2.54 bits per heavy atom. The molecule has 0 fully saturated rings. The number of hydrogen-bond donors (Lipinski definition) is 1. The second-order valence-corrected chi connectivity index (χ2v) is 4.21.